The van der Waals surface area contributed by atoms with Gasteiger partial charge in [0.15, 0.2) is 0 Å². The van der Waals surface area contributed by atoms with Gasteiger partial charge in [0.05, 0.1) is 15.9 Å². The molecule has 4 amide bonds. The third-order valence-electron chi connectivity index (χ3n) is 6.12. The maximum atomic E-state index is 13.0. The number of carbonyl (C=O) groups excluding carboxylic acids is 4. The van der Waals surface area contributed by atoms with Crippen molar-refractivity contribution in [1.82, 2.24) is 15.1 Å². The van der Waals surface area contributed by atoms with Crippen molar-refractivity contribution in [2.75, 3.05) is 19.8 Å². The first-order chi connectivity index (χ1) is 17.3. The fraction of sp³-hybridized carbons (Fsp3) is 0.360. The summed E-state index contributed by atoms with van der Waals surface area (Å²) >= 11 is 0. The summed E-state index contributed by atoms with van der Waals surface area (Å²) in [6.45, 7) is -1.09. The zero-order valence-corrected chi connectivity index (χ0v) is 18.4. The third-order valence-corrected chi connectivity index (χ3v) is 6.12. The van der Waals surface area contributed by atoms with E-state index in [-0.39, 0.29) is 43.7 Å². The molecule has 0 saturated carbocycles. The van der Waals surface area contributed by atoms with Crippen LogP contribution in [0.2, 0.25) is 0 Å². The first-order valence-corrected chi connectivity index (χ1v) is 11.1. The molecule has 34 heavy (non-hydrogen) atoms. The average molecular weight is 466 g/mol. The van der Waals surface area contributed by atoms with Crippen LogP contribution < -0.4 is 10.1 Å². The molecule has 3 aliphatic rings. The predicted octanol–water partition coefficient (Wildman–Crippen LogP) is 1.39. The number of hydrogen-bond acceptors (Lipinski definition) is 6. The fourth-order valence-electron chi connectivity index (χ4n) is 4.31. The Bertz CT molecular complexity index is 1220. The van der Waals surface area contributed by atoms with E-state index in [1.54, 1.807) is 42.5 Å². The summed E-state index contributed by atoms with van der Waals surface area (Å²) in [5.74, 6) is -1.00. The summed E-state index contributed by atoms with van der Waals surface area (Å²) in [7, 11) is 0. The number of rotatable bonds is 6. The maximum absolute atomic E-state index is 13.0. The maximum Gasteiger partial charge on any atom is 0.255 e. The van der Waals surface area contributed by atoms with Crippen LogP contribution in [-0.2, 0) is 38.8 Å². The van der Waals surface area contributed by atoms with Gasteiger partial charge < -0.3 is 19.3 Å². The molecule has 9 heteroatoms. The Kier molecular flexibility index (Phi) is 5.37. The van der Waals surface area contributed by atoms with Crippen LogP contribution in [0.25, 0.3) is 0 Å². The zero-order valence-electron chi connectivity index (χ0n) is 20.4. The molecule has 1 N–H and O–H groups in total. The smallest absolute Gasteiger partial charge is 0.255 e. The van der Waals surface area contributed by atoms with E-state index in [2.05, 4.69) is 5.32 Å². The number of piperidine rings is 1. The molecule has 0 bridgehead atoms. The first kappa shape index (κ1) is 19.7. The number of hydrogen-bond donors (Lipinski definition) is 1. The number of benzene rings is 2. The number of carbonyl (C=O) groups is 4. The highest BCUT2D eigenvalue weighted by Crippen LogP contribution is 2.34. The molecule has 2 aromatic carbocycles. The van der Waals surface area contributed by atoms with Crippen LogP contribution in [0.3, 0.4) is 0 Å². The molecule has 176 valence electrons. The van der Waals surface area contributed by atoms with Gasteiger partial charge in [0.2, 0.25) is 17.7 Å². The third kappa shape index (κ3) is 4.38. The normalized spacial score (nSPS) is 23.1. The van der Waals surface area contributed by atoms with Crippen LogP contribution in [0.15, 0.2) is 42.5 Å². The van der Waals surface area contributed by atoms with Crippen molar-refractivity contribution in [3.63, 3.8) is 0 Å². The van der Waals surface area contributed by atoms with Crippen molar-refractivity contribution in [3.05, 3.63) is 64.7 Å². The lowest BCUT2D eigenvalue weighted by Gasteiger charge is -2.29. The summed E-state index contributed by atoms with van der Waals surface area (Å²) < 4.78 is 28.0. The minimum atomic E-state index is -1.10. The Labute approximate surface area is 199 Å². The molecule has 3 heterocycles. The minimum absolute atomic E-state index is 0.0268. The molecule has 2 aromatic rings. The largest absolute Gasteiger partial charge is 0.489 e. The standard InChI is InChI=1S/C25H25N3O6/c29-22-9-8-20(24(31)26-22)28-13-19-18(25(28)32)2-1-3-21(19)34-14-17-6-4-16(5-7-17)12-27-10-11-33-15-23(27)30/h1-7,20H,8-15H2,(H,26,29,31)/i12D,14D. The predicted molar refractivity (Wildman–Crippen MR) is 119 cm³/mol. The molecule has 2 fully saturated rings. The van der Waals surface area contributed by atoms with Gasteiger partial charge in [-0.3, -0.25) is 24.5 Å². The van der Waals surface area contributed by atoms with Crippen LogP contribution in [0, 0.1) is 0 Å². The highest BCUT2D eigenvalue weighted by atomic mass is 16.5. The highest BCUT2D eigenvalue weighted by Gasteiger charge is 2.40. The lowest BCUT2D eigenvalue weighted by molar-refractivity contribution is -0.143. The van der Waals surface area contributed by atoms with Crippen molar-refractivity contribution in [2.45, 2.75) is 38.5 Å². The molecule has 2 saturated heterocycles. The lowest BCUT2D eigenvalue weighted by Crippen LogP contribution is -2.52. The monoisotopic (exact) mass is 465 g/mol. The zero-order chi connectivity index (χ0) is 25.4. The van der Waals surface area contributed by atoms with Crippen molar-refractivity contribution >= 4 is 23.6 Å². The van der Waals surface area contributed by atoms with Gasteiger partial charge >= 0.3 is 0 Å². The van der Waals surface area contributed by atoms with Crippen LogP contribution >= 0.6 is 0 Å². The Balaban J connectivity index is 1.29. The summed E-state index contributed by atoms with van der Waals surface area (Å²) in [5.41, 5.74) is 2.17. The quantitative estimate of drug-likeness (QED) is 0.647. The molecule has 3 unspecified atom stereocenters. The molecule has 0 spiro atoms. The van der Waals surface area contributed by atoms with Gasteiger partial charge in [0.25, 0.3) is 5.91 Å². The Hall–Kier alpha value is -3.72. The number of amides is 4. The number of nitrogens with zero attached hydrogens (tertiary/aromatic N) is 2. The van der Waals surface area contributed by atoms with E-state index in [1.807, 2.05) is 0 Å². The van der Waals surface area contributed by atoms with Crippen LogP contribution in [0.5, 0.6) is 5.75 Å². The Morgan fingerprint density at radius 3 is 2.65 bits per heavy atom. The fourth-order valence-corrected chi connectivity index (χ4v) is 4.31. The minimum Gasteiger partial charge on any atom is -0.489 e. The Morgan fingerprint density at radius 1 is 1.09 bits per heavy atom. The molecular weight excluding hydrogens is 438 g/mol. The second kappa shape index (κ2) is 9.26. The molecule has 5 rings (SSSR count). The van der Waals surface area contributed by atoms with E-state index in [4.69, 9.17) is 12.2 Å². The van der Waals surface area contributed by atoms with Crippen molar-refractivity contribution in [1.29, 1.82) is 0 Å². The molecule has 3 atom stereocenters. The molecular formula is C25H25N3O6. The summed E-state index contributed by atoms with van der Waals surface area (Å²) in [6, 6.07) is 11.0. The van der Waals surface area contributed by atoms with Crippen molar-refractivity contribution in [2.24, 2.45) is 0 Å². The van der Waals surface area contributed by atoms with E-state index in [1.165, 1.54) is 9.80 Å². The second-order valence-electron chi connectivity index (χ2n) is 8.35. The van der Waals surface area contributed by atoms with Crippen LogP contribution in [0.1, 0.15) is 42.6 Å². The molecule has 0 radical (unpaired) electrons. The summed E-state index contributed by atoms with van der Waals surface area (Å²) in [4.78, 5) is 51.7. The molecule has 0 aliphatic carbocycles. The van der Waals surface area contributed by atoms with Gasteiger partial charge in [-0.15, -0.1) is 0 Å². The number of morpholine rings is 1. The van der Waals surface area contributed by atoms with E-state index in [0.717, 1.165) is 0 Å². The van der Waals surface area contributed by atoms with Crippen molar-refractivity contribution in [3.8, 4) is 5.75 Å². The second-order valence-corrected chi connectivity index (χ2v) is 8.35. The topological polar surface area (TPSA) is 105 Å². The molecule has 0 aromatic heterocycles. The first-order valence-electron chi connectivity index (χ1n) is 12.2. The SMILES string of the molecule is [2H]C(Oc1cccc2c1CN(C1CCC(=O)NC1=O)C2=O)c1ccc(C([2H])N2CCOCC2=O)cc1. The number of nitrogens with one attached hydrogen (secondary N) is 1. The van der Waals surface area contributed by atoms with Crippen LogP contribution in [0.4, 0.5) is 0 Å². The van der Waals surface area contributed by atoms with E-state index in [9.17, 15) is 19.2 Å². The van der Waals surface area contributed by atoms with E-state index in [0.29, 0.717) is 41.2 Å². The van der Waals surface area contributed by atoms with Gasteiger partial charge in [0, 0.05) is 30.6 Å². The number of fused-ring (bicyclic) bond motifs is 1. The lowest BCUT2D eigenvalue weighted by atomic mass is 10.0. The van der Waals surface area contributed by atoms with Gasteiger partial charge in [-0.05, 0) is 29.7 Å². The van der Waals surface area contributed by atoms with E-state index < -0.39 is 25.1 Å². The number of imide groups is 1. The van der Waals surface area contributed by atoms with Crippen LogP contribution in [-0.4, -0.2) is 59.2 Å². The van der Waals surface area contributed by atoms with E-state index >= 15 is 0 Å². The molecule has 9 nitrogen and oxygen atoms in total. The van der Waals surface area contributed by atoms with Crippen molar-refractivity contribution < 1.29 is 31.4 Å². The average Bonchev–Trinajstić information content (AvgIpc) is 3.21. The summed E-state index contributed by atoms with van der Waals surface area (Å²) in [6.07, 6.45) is 0.435. The molecule has 3 aliphatic heterocycles. The van der Waals surface area contributed by atoms with Gasteiger partial charge in [-0.25, -0.2) is 0 Å². The van der Waals surface area contributed by atoms with Gasteiger partial charge in [-0.1, -0.05) is 30.3 Å². The highest BCUT2D eigenvalue weighted by molar-refractivity contribution is 6.05. The van der Waals surface area contributed by atoms with Gasteiger partial charge in [-0.2, -0.15) is 0 Å². The number of ether oxygens (including phenoxy) is 2. The summed E-state index contributed by atoms with van der Waals surface area (Å²) in [5, 5.41) is 2.28. The Morgan fingerprint density at radius 2 is 1.88 bits per heavy atom. The van der Waals surface area contributed by atoms with Gasteiger partial charge in [0.1, 0.15) is 25.0 Å².